The number of likely N-dealkylation sites (tertiary alicyclic amines) is 1. The van der Waals surface area contributed by atoms with E-state index in [4.69, 9.17) is 0 Å². The monoisotopic (exact) mass is 486 g/mol. The topological polar surface area (TPSA) is 102 Å². The van der Waals surface area contributed by atoms with Crippen LogP contribution in [0, 0.1) is 12.8 Å². The van der Waals surface area contributed by atoms with Gasteiger partial charge >= 0.3 is 0 Å². The average Bonchev–Trinajstić information content (AvgIpc) is 3.01. The number of nitrogens with one attached hydrogen (secondary N) is 4. The zero-order valence-electron chi connectivity index (χ0n) is 20.9. The van der Waals surface area contributed by atoms with Gasteiger partial charge < -0.3 is 31.3 Å². The van der Waals surface area contributed by atoms with E-state index in [0.717, 1.165) is 53.7 Å². The smallest absolute Gasteiger partial charge is 0.261 e. The number of rotatable bonds is 7. The Kier molecular flexibility index (Phi) is 7.06. The van der Waals surface area contributed by atoms with Gasteiger partial charge in [-0.2, -0.15) is 0 Å². The summed E-state index contributed by atoms with van der Waals surface area (Å²) in [6.45, 7) is 9.40. The molecule has 1 aromatic heterocycles. The van der Waals surface area contributed by atoms with E-state index in [1.54, 1.807) is 24.4 Å². The second kappa shape index (κ2) is 10.6. The number of aryl methyl sites for hydroxylation is 1. The van der Waals surface area contributed by atoms with Crippen LogP contribution in [0.25, 0.3) is 0 Å². The molecule has 0 spiro atoms. The molecule has 0 atom stereocenters. The van der Waals surface area contributed by atoms with Crippen molar-refractivity contribution in [1.29, 1.82) is 0 Å². The SMILES string of the molecule is Cc1ccc(O)cc1Nc1ccnc2c1C(=O)Nc1cc(CNCCN3CCC(C)CC3)ccc1N2. The summed E-state index contributed by atoms with van der Waals surface area (Å²) in [6, 6.07) is 12.9. The maximum atomic E-state index is 13.3. The van der Waals surface area contributed by atoms with Crippen molar-refractivity contribution in [3.05, 3.63) is 65.4 Å². The zero-order chi connectivity index (χ0) is 25.1. The van der Waals surface area contributed by atoms with E-state index in [-0.39, 0.29) is 11.7 Å². The summed E-state index contributed by atoms with van der Waals surface area (Å²) in [6.07, 6.45) is 4.24. The molecular weight excluding hydrogens is 452 g/mol. The molecule has 2 aliphatic rings. The Hall–Kier alpha value is -3.62. The van der Waals surface area contributed by atoms with E-state index in [1.165, 1.54) is 25.9 Å². The number of hydrogen-bond acceptors (Lipinski definition) is 7. The molecule has 5 rings (SSSR count). The number of aromatic nitrogens is 1. The lowest BCUT2D eigenvalue weighted by atomic mass is 9.99. The van der Waals surface area contributed by atoms with Crippen LogP contribution in [0.5, 0.6) is 5.75 Å². The Morgan fingerprint density at radius 2 is 1.89 bits per heavy atom. The fourth-order valence-electron chi connectivity index (χ4n) is 4.76. The van der Waals surface area contributed by atoms with Crippen molar-refractivity contribution in [1.82, 2.24) is 15.2 Å². The van der Waals surface area contributed by atoms with Gasteiger partial charge in [-0.25, -0.2) is 4.98 Å². The van der Waals surface area contributed by atoms with Gasteiger partial charge in [0.1, 0.15) is 17.1 Å². The van der Waals surface area contributed by atoms with Crippen LogP contribution in [0.1, 0.15) is 41.3 Å². The summed E-state index contributed by atoms with van der Waals surface area (Å²) in [7, 11) is 0. The molecule has 2 aliphatic heterocycles. The van der Waals surface area contributed by atoms with Gasteiger partial charge in [0.25, 0.3) is 5.91 Å². The highest BCUT2D eigenvalue weighted by atomic mass is 16.3. The second-order valence-electron chi connectivity index (χ2n) is 9.87. The van der Waals surface area contributed by atoms with E-state index in [9.17, 15) is 9.90 Å². The van der Waals surface area contributed by atoms with E-state index in [0.29, 0.717) is 17.1 Å². The fraction of sp³-hybridized carbons (Fsp3) is 0.357. The average molecular weight is 487 g/mol. The summed E-state index contributed by atoms with van der Waals surface area (Å²) in [4.78, 5) is 20.3. The molecule has 0 aliphatic carbocycles. The molecule has 1 amide bonds. The quantitative estimate of drug-likeness (QED) is 0.301. The van der Waals surface area contributed by atoms with Gasteiger partial charge in [0, 0.05) is 37.6 Å². The van der Waals surface area contributed by atoms with E-state index < -0.39 is 0 Å². The Bertz CT molecular complexity index is 1250. The molecule has 3 aromatic rings. The van der Waals surface area contributed by atoms with E-state index >= 15 is 0 Å². The molecule has 0 unspecified atom stereocenters. The third-order valence-electron chi connectivity index (χ3n) is 7.06. The predicted molar refractivity (Wildman–Crippen MR) is 145 cm³/mol. The minimum Gasteiger partial charge on any atom is -0.508 e. The summed E-state index contributed by atoms with van der Waals surface area (Å²) < 4.78 is 0. The van der Waals surface area contributed by atoms with Gasteiger partial charge in [0.15, 0.2) is 0 Å². The molecule has 3 heterocycles. The minimum absolute atomic E-state index is 0.157. The number of anilines is 5. The minimum atomic E-state index is -0.242. The molecule has 188 valence electrons. The van der Waals surface area contributed by atoms with Gasteiger partial charge in [0.2, 0.25) is 0 Å². The summed E-state index contributed by atoms with van der Waals surface area (Å²) in [5.74, 6) is 1.25. The first-order valence-corrected chi connectivity index (χ1v) is 12.7. The zero-order valence-corrected chi connectivity index (χ0v) is 20.9. The number of hydrogen-bond donors (Lipinski definition) is 5. The molecule has 0 saturated carbocycles. The third-order valence-corrected chi connectivity index (χ3v) is 7.06. The highest BCUT2D eigenvalue weighted by Gasteiger charge is 2.24. The van der Waals surface area contributed by atoms with Crippen molar-refractivity contribution in [2.45, 2.75) is 33.2 Å². The first kappa shape index (κ1) is 24.1. The molecule has 8 heteroatoms. The summed E-state index contributed by atoms with van der Waals surface area (Å²) >= 11 is 0. The van der Waals surface area contributed by atoms with Crippen LogP contribution < -0.4 is 21.3 Å². The van der Waals surface area contributed by atoms with Crippen molar-refractivity contribution in [3.63, 3.8) is 0 Å². The first-order chi connectivity index (χ1) is 17.5. The molecule has 8 nitrogen and oxygen atoms in total. The number of benzene rings is 2. The molecule has 0 bridgehead atoms. The molecule has 1 saturated heterocycles. The Morgan fingerprint density at radius 1 is 1.06 bits per heavy atom. The lowest BCUT2D eigenvalue weighted by Gasteiger charge is -2.30. The number of piperidine rings is 1. The fourth-order valence-corrected chi connectivity index (χ4v) is 4.76. The van der Waals surface area contributed by atoms with Gasteiger partial charge in [-0.15, -0.1) is 0 Å². The number of carbonyl (C=O) groups is 1. The standard InChI is InChI=1S/C28H34N6O2/c1-18-8-12-34(13-9-18)14-11-29-17-20-4-6-22-25(15-20)33-28(36)26-23(7-10-30-27(26)32-22)31-24-16-21(35)5-3-19(24)2/h3-7,10,15-16,18,29,35H,8-9,11-14,17H2,1-2H3,(H,33,36)(H2,30,31,32). The molecule has 0 radical (unpaired) electrons. The number of nitrogens with zero attached hydrogens (tertiary/aromatic N) is 2. The van der Waals surface area contributed by atoms with Gasteiger partial charge in [-0.05, 0) is 74.2 Å². The third kappa shape index (κ3) is 5.45. The predicted octanol–water partition coefficient (Wildman–Crippen LogP) is 4.97. The number of aromatic hydroxyl groups is 1. The maximum absolute atomic E-state index is 13.3. The van der Waals surface area contributed by atoms with Crippen molar-refractivity contribution in [2.24, 2.45) is 5.92 Å². The van der Waals surface area contributed by atoms with E-state index in [1.807, 2.05) is 25.1 Å². The van der Waals surface area contributed by atoms with Crippen LogP contribution in [-0.4, -0.2) is 47.1 Å². The highest BCUT2D eigenvalue weighted by Crippen LogP contribution is 2.36. The highest BCUT2D eigenvalue weighted by molar-refractivity contribution is 6.15. The van der Waals surface area contributed by atoms with Crippen LogP contribution in [0.3, 0.4) is 0 Å². The summed E-state index contributed by atoms with van der Waals surface area (Å²) in [5, 5.41) is 23.1. The largest absolute Gasteiger partial charge is 0.508 e. The molecule has 1 fully saturated rings. The Morgan fingerprint density at radius 3 is 2.72 bits per heavy atom. The Balaban J connectivity index is 1.26. The molecule has 5 N–H and O–H groups in total. The van der Waals surface area contributed by atoms with E-state index in [2.05, 4.69) is 44.1 Å². The van der Waals surface area contributed by atoms with Crippen molar-refractivity contribution >= 4 is 34.5 Å². The number of amides is 1. The van der Waals surface area contributed by atoms with Crippen LogP contribution in [-0.2, 0) is 6.54 Å². The van der Waals surface area contributed by atoms with Gasteiger partial charge in [0.05, 0.1) is 17.1 Å². The number of fused-ring (bicyclic) bond motifs is 2. The van der Waals surface area contributed by atoms with Crippen molar-refractivity contribution < 1.29 is 9.90 Å². The molecule has 36 heavy (non-hydrogen) atoms. The number of phenolic OH excluding ortho intramolecular Hbond substituents is 1. The number of pyridine rings is 1. The van der Waals surface area contributed by atoms with Crippen LogP contribution >= 0.6 is 0 Å². The van der Waals surface area contributed by atoms with Crippen LogP contribution in [0.2, 0.25) is 0 Å². The van der Waals surface area contributed by atoms with Crippen molar-refractivity contribution in [3.8, 4) is 5.75 Å². The normalized spacial score (nSPS) is 15.9. The van der Waals surface area contributed by atoms with Gasteiger partial charge in [-0.3, -0.25) is 4.79 Å². The van der Waals surface area contributed by atoms with Gasteiger partial charge in [-0.1, -0.05) is 19.1 Å². The second-order valence-corrected chi connectivity index (χ2v) is 9.87. The molecular formula is C28H34N6O2. The van der Waals surface area contributed by atoms with Crippen molar-refractivity contribution in [2.75, 3.05) is 42.1 Å². The maximum Gasteiger partial charge on any atom is 0.261 e. The first-order valence-electron chi connectivity index (χ1n) is 12.7. The lowest BCUT2D eigenvalue weighted by Crippen LogP contribution is -2.37. The molecule has 2 aromatic carbocycles. The Labute approximate surface area is 212 Å². The number of carbonyl (C=O) groups excluding carboxylic acids is 1. The van der Waals surface area contributed by atoms with Crippen LogP contribution in [0.4, 0.5) is 28.6 Å². The summed E-state index contributed by atoms with van der Waals surface area (Å²) in [5.41, 5.74) is 5.34. The number of phenols is 1. The lowest BCUT2D eigenvalue weighted by molar-refractivity contribution is 0.102. The van der Waals surface area contributed by atoms with Crippen LogP contribution in [0.15, 0.2) is 48.7 Å².